The van der Waals surface area contributed by atoms with Gasteiger partial charge in [-0.2, -0.15) is 0 Å². The number of ether oxygens (including phenoxy) is 1. The lowest BCUT2D eigenvalue weighted by molar-refractivity contribution is 0.0906. The van der Waals surface area contributed by atoms with E-state index < -0.39 is 6.04 Å². The van der Waals surface area contributed by atoms with E-state index in [0.29, 0.717) is 49.8 Å². The van der Waals surface area contributed by atoms with Crippen LogP contribution in [-0.2, 0) is 11.3 Å². The van der Waals surface area contributed by atoms with Gasteiger partial charge in [0.25, 0.3) is 5.56 Å². The molecule has 192 valence electrons. The van der Waals surface area contributed by atoms with E-state index in [2.05, 4.69) is 31.5 Å². The highest BCUT2D eigenvalue weighted by molar-refractivity contribution is 5.79. The van der Waals surface area contributed by atoms with Crippen molar-refractivity contribution >= 4 is 16.6 Å². The van der Waals surface area contributed by atoms with E-state index in [4.69, 9.17) is 4.74 Å². The molecule has 0 saturated carbocycles. The number of para-hydroxylation sites is 1. The number of aromatic nitrogens is 5. The maximum absolute atomic E-state index is 14.5. The van der Waals surface area contributed by atoms with Crippen molar-refractivity contribution in [1.82, 2.24) is 30.1 Å². The summed E-state index contributed by atoms with van der Waals surface area (Å²) in [6, 6.07) is 14.3. The third kappa shape index (κ3) is 4.74. The number of hydrogen-bond acceptors (Lipinski definition) is 7. The molecule has 0 radical (unpaired) electrons. The van der Waals surface area contributed by atoms with Crippen LogP contribution in [-0.4, -0.2) is 69.0 Å². The molecule has 9 nitrogen and oxygen atoms in total. The first kappa shape index (κ1) is 23.7. The van der Waals surface area contributed by atoms with Gasteiger partial charge in [-0.05, 0) is 65.9 Å². The number of nitrogens with zero attached hydrogens (tertiary/aromatic N) is 6. The van der Waals surface area contributed by atoms with Gasteiger partial charge in [0.2, 0.25) is 0 Å². The Balaban J connectivity index is 1.37. The molecule has 4 aromatic rings. The molecule has 2 aromatic carbocycles. The molecule has 2 aliphatic rings. The maximum atomic E-state index is 14.5. The molecule has 0 aliphatic carbocycles. The van der Waals surface area contributed by atoms with E-state index in [9.17, 15) is 9.18 Å². The molecular weight excluding hydrogens is 473 g/mol. The fourth-order valence-corrected chi connectivity index (χ4v) is 5.49. The van der Waals surface area contributed by atoms with Gasteiger partial charge >= 0.3 is 0 Å². The first-order valence-corrected chi connectivity index (χ1v) is 12.8. The van der Waals surface area contributed by atoms with Gasteiger partial charge in [-0.3, -0.25) is 9.69 Å². The molecule has 6 rings (SSSR count). The highest BCUT2D eigenvalue weighted by Crippen LogP contribution is 2.30. The van der Waals surface area contributed by atoms with Gasteiger partial charge in [-0.15, -0.1) is 5.10 Å². The second-order valence-corrected chi connectivity index (χ2v) is 9.88. The summed E-state index contributed by atoms with van der Waals surface area (Å²) in [5.41, 5.74) is 2.94. The predicted molar refractivity (Wildman–Crippen MR) is 138 cm³/mol. The van der Waals surface area contributed by atoms with Gasteiger partial charge < -0.3 is 14.6 Å². The molecule has 0 bridgehead atoms. The minimum absolute atomic E-state index is 0.0540. The summed E-state index contributed by atoms with van der Waals surface area (Å²) in [7, 11) is 0. The number of hydrogen-bond donors (Lipinski definition) is 1. The highest BCUT2D eigenvalue weighted by atomic mass is 19.1. The molecule has 0 amide bonds. The number of pyridine rings is 1. The summed E-state index contributed by atoms with van der Waals surface area (Å²) < 4.78 is 22.1. The number of benzene rings is 2. The van der Waals surface area contributed by atoms with Gasteiger partial charge in [0.05, 0.1) is 18.3 Å². The molecule has 2 atom stereocenters. The summed E-state index contributed by atoms with van der Waals surface area (Å²) in [4.78, 5) is 20.8. The van der Waals surface area contributed by atoms with Crippen molar-refractivity contribution in [3.63, 3.8) is 0 Å². The number of tetrazole rings is 1. The number of fused-ring (bicyclic) bond motifs is 1. The lowest BCUT2D eigenvalue weighted by atomic mass is 10.0. The summed E-state index contributed by atoms with van der Waals surface area (Å²) in [6.45, 7) is 5.80. The number of H-pyrrole nitrogens is 1. The molecule has 2 aliphatic heterocycles. The van der Waals surface area contributed by atoms with E-state index in [0.717, 1.165) is 35.9 Å². The fourth-order valence-electron chi connectivity index (χ4n) is 5.49. The van der Waals surface area contributed by atoms with Crippen molar-refractivity contribution in [3.8, 4) is 0 Å². The highest BCUT2D eigenvalue weighted by Gasteiger charge is 2.34. The summed E-state index contributed by atoms with van der Waals surface area (Å²) in [5.74, 6) is 0.390. The SMILES string of the molecule is Cc1ccc2[nH]c(=O)c([C@@H](c3nnnn3C[C@H]3CCCO3)N3CCN(c4ccccc4F)CC3)cc2c1. The first-order chi connectivity index (χ1) is 18.1. The van der Waals surface area contributed by atoms with Crippen LogP contribution in [0.5, 0.6) is 0 Å². The lowest BCUT2D eigenvalue weighted by Gasteiger charge is -2.39. The zero-order valence-corrected chi connectivity index (χ0v) is 20.8. The Morgan fingerprint density at radius 2 is 1.97 bits per heavy atom. The fraction of sp³-hybridized carbons (Fsp3) is 0.407. The third-order valence-corrected chi connectivity index (χ3v) is 7.40. The van der Waals surface area contributed by atoms with Crippen molar-refractivity contribution in [1.29, 1.82) is 0 Å². The van der Waals surface area contributed by atoms with Crippen molar-refractivity contribution in [2.45, 2.75) is 38.5 Å². The number of rotatable bonds is 6. The van der Waals surface area contributed by atoms with Crippen LogP contribution >= 0.6 is 0 Å². The summed E-state index contributed by atoms with van der Waals surface area (Å²) in [5, 5.41) is 13.7. The Morgan fingerprint density at radius 1 is 1.14 bits per heavy atom. The first-order valence-electron chi connectivity index (χ1n) is 12.8. The summed E-state index contributed by atoms with van der Waals surface area (Å²) in [6.07, 6.45) is 2.03. The average molecular weight is 504 g/mol. The van der Waals surface area contributed by atoms with Crippen molar-refractivity contribution < 1.29 is 9.13 Å². The second-order valence-electron chi connectivity index (χ2n) is 9.88. The Kier molecular flexibility index (Phi) is 6.43. The molecular formula is C27H30FN7O2. The molecule has 0 unspecified atom stereocenters. The Labute approximate surface area is 213 Å². The molecule has 4 heterocycles. The van der Waals surface area contributed by atoms with Gasteiger partial charge in [0.15, 0.2) is 5.82 Å². The van der Waals surface area contributed by atoms with Gasteiger partial charge in [-0.25, -0.2) is 9.07 Å². The molecule has 2 aromatic heterocycles. The Bertz CT molecular complexity index is 1450. The van der Waals surface area contributed by atoms with Gasteiger partial charge in [0, 0.05) is 43.9 Å². The molecule has 10 heteroatoms. The molecule has 2 saturated heterocycles. The zero-order valence-electron chi connectivity index (χ0n) is 20.8. The van der Waals surface area contributed by atoms with E-state index in [1.807, 2.05) is 36.1 Å². The number of anilines is 1. The standard InChI is InChI=1S/C27H30FN7O2/c1-18-8-9-23-19(15-18)16-21(27(36)29-23)25(26-30-31-32-35(26)17-20-5-4-14-37-20)34-12-10-33(11-13-34)24-7-3-2-6-22(24)28/h2-3,6-9,15-16,20,25H,4-5,10-14,17H2,1H3,(H,29,36)/t20-,25+/m1/s1. The van der Waals surface area contributed by atoms with Crippen molar-refractivity contribution in [2.24, 2.45) is 0 Å². The quantitative estimate of drug-likeness (QED) is 0.432. The lowest BCUT2D eigenvalue weighted by Crippen LogP contribution is -2.49. The van der Waals surface area contributed by atoms with Crippen LogP contribution in [0.1, 0.15) is 35.8 Å². The van der Waals surface area contributed by atoms with Crippen molar-refractivity contribution in [3.05, 3.63) is 81.7 Å². The minimum Gasteiger partial charge on any atom is -0.376 e. The van der Waals surface area contributed by atoms with Crippen LogP contribution in [0.25, 0.3) is 10.9 Å². The molecule has 0 spiro atoms. The Hall–Kier alpha value is -3.63. The molecule has 37 heavy (non-hydrogen) atoms. The largest absolute Gasteiger partial charge is 0.376 e. The summed E-state index contributed by atoms with van der Waals surface area (Å²) >= 11 is 0. The average Bonchev–Trinajstić information content (AvgIpc) is 3.59. The third-order valence-electron chi connectivity index (χ3n) is 7.40. The van der Waals surface area contributed by atoms with Gasteiger partial charge in [-0.1, -0.05) is 23.8 Å². The van der Waals surface area contributed by atoms with E-state index in [-0.39, 0.29) is 17.5 Å². The molecule has 1 N–H and O–H groups in total. The van der Waals surface area contributed by atoms with Crippen LogP contribution in [0.3, 0.4) is 0 Å². The topological polar surface area (TPSA) is 92.2 Å². The number of piperazine rings is 1. The predicted octanol–water partition coefficient (Wildman–Crippen LogP) is 3.05. The van der Waals surface area contributed by atoms with Gasteiger partial charge in [0.1, 0.15) is 11.9 Å². The van der Waals surface area contributed by atoms with Crippen LogP contribution in [0.2, 0.25) is 0 Å². The van der Waals surface area contributed by atoms with Crippen LogP contribution < -0.4 is 10.5 Å². The normalized spacial score (nSPS) is 19.5. The number of halogens is 1. The zero-order chi connectivity index (χ0) is 25.4. The number of nitrogens with one attached hydrogen (secondary N) is 1. The second kappa shape index (κ2) is 10.0. The van der Waals surface area contributed by atoms with Crippen LogP contribution in [0, 0.1) is 12.7 Å². The smallest absolute Gasteiger partial charge is 0.253 e. The van der Waals surface area contributed by atoms with E-state index >= 15 is 0 Å². The van der Waals surface area contributed by atoms with E-state index in [1.54, 1.807) is 16.8 Å². The van der Waals surface area contributed by atoms with Crippen molar-refractivity contribution in [2.75, 3.05) is 37.7 Å². The van der Waals surface area contributed by atoms with E-state index in [1.165, 1.54) is 6.07 Å². The van der Waals surface area contributed by atoms with Crippen LogP contribution in [0.4, 0.5) is 10.1 Å². The van der Waals surface area contributed by atoms with Crippen LogP contribution in [0.15, 0.2) is 53.3 Å². The minimum atomic E-state index is -0.451. The maximum Gasteiger partial charge on any atom is 0.253 e. The molecule has 2 fully saturated rings. The Morgan fingerprint density at radius 3 is 2.76 bits per heavy atom. The number of aryl methyl sites for hydroxylation is 1. The number of aromatic amines is 1. The monoisotopic (exact) mass is 503 g/mol.